The maximum Gasteiger partial charge on any atom is 0.402 e. The van der Waals surface area contributed by atoms with Crippen LogP contribution in [0.1, 0.15) is 33.0 Å². The third kappa shape index (κ3) is 8.89. The molecule has 0 saturated heterocycles. The number of halogens is 11. The van der Waals surface area contributed by atoms with E-state index in [-0.39, 0.29) is 31.3 Å². The van der Waals surface area contributed by atoms with Gasteiger partial charge in [-0.15, -0.1) is 23.2 Å². The molecule has 0 bridgehead atoms. The fraction of sp³-hybridized carbons (Fsp3) is 0.276. The molecule has 2 atom stereocenters. The van der Waals surface area contributed by atoms with Gasteiger partial charge in [0.2, 0.25) is 5.91 Å². The molecule has 0 radical (unpaired) electrons. The molecule has 0 aromatic heterocycles. The maximum absolute atomic E-state index is 15.2. The van der Waals surface area contributed by atoms with Gasteiger partial charge in [-0.25, -0.2) is 17.2 Å². The number of carbonyl (C=O) groups excluding carboxylic acids is 3. The van der Waals surface area contributed by atoms with Crippen LogP contribution in [-0.4, -0.2) is 47.9 Å². The van der Waals surface area contributed by atoms with E-state index in [9.17, 15) is 40.4 Å². The Morgan fingerprint density at radius 3 is 2.09 bits per heavy atom. The number of amides is 1. The number of rotatable bonds is 11. The maximum atomic E-state index is 15.2. The van der Waals surface area contributed by atoms with E-state index in [0.717, 1.165) is 6.07 Å². The van der Waals surface area contributed by atoms with Gasteiger partial charge >= 0.3 is 6.18 Å². The molecule has 4 rings (SSSR count). The van der Waals surface area contributed by atoms with Gasteiger partial charge in [0.15, 0.2) is 21.4 Å². The van der Waals surface area contributed by atoms with Gasteiger partial charge in [0.05, 0.1) is 26.0 Å². The minimum absolute atomic E-state index is 0.0793. The zero-order chi connectivity index (χ0) is 35.2. The van der Waals surface area contributed by atoms with Crippen LogP contribution < -0.4 is 5.32 Å². The van der Waals surface area contributed by atoms with Crippen molar-refractivity contribution in [2.45, 2.75) is 29.3 Å². The van der Waals surface area contributed by atoms with Gasteiger partial charge in [-0.1, -0.05) is 52.5 Å². The average Bonchev–Trinajstić information content (AvgIpc) is 3.52. The minimum atomic E-state index is -5.11. The summed E-state index contributed by atoms with van der Waals surface area (Å²) in [4.78, 5) is 38.4. The fourth-order valence-corrected chi connectivity index (χ4v) is 7.72. The number of benzene rings is 3. The number of ketones is 2. The largest absolute Gasteiger partial charge is 0.402 e. The normalized spacial score (nSPS) is 17.3. The first-order valence-electron chi connectivity index (χ1n) is 13.0. The van der Waals surface area contributed by atoms with Crippen LogP contribution in [0.3, 0.4) is 0 Å². The molecule has 3 aromatic carbocycles. The second-order valence-corrected chi connectivity index (χ2v) is 15.7. The highest BCUT2D eigenvalue weighted by atomic mass is 35.5. The van der Waals surface area contributed by atoms with Gasteiger partial charge in [-0.05, 0) is 47.5 Å². The Balaban J connectivity index is 1.49. The smallest absolute Gasteiger partial charge is 0.326 e. The van der Waals surface area contributed by atoms with Crippen molar-refractivity contribution in [3.8, 4) is 0 Å². The molecule has 1 aliphatic carbocycles. The molecule has 1 saturated carbocycles. The van der Waals surface area contributed by atoms with Crippen molar-refractivity contribution < 1.29 is 44.8 Å². The summed E-state index contributed by atoms with van der Waals surface area (Å²) in [6, 6.07) is 8.39. The average molecular weight is 800 g/mol. The standard InChI is InChI=1S/C29H18Cl6F5NO5S/c30-18-3-2-14(41-27(44)24-23(29(24,34)35)13-5-19(31)25(33)20(32)6-13)8-16(18)22(43)7-12-1-4-21(36)17(26(12)37)9-15(42)10-47(45,46)11-28(38,39)40/h1-6,8,23-24H,7,9-11H2,(H,41,44)/t23-,24+/m0/s1. The molecule has 0 heterocycles. The van der Waals surface area contributed by atoms with Gasteiger partial charge in [0.25, 0.3) is 0 Å². The number of alkyl halides is 5. The third-order valence-electron chi connectivity index (χ3n) is 6.99. The summed E-state index contributed by atoms with van der Waals surface area (Å²) in [5, 5.41) is 2.82. The summed E-state index contributed by atoms with van der Waals surface area (Å²) in [5.41, 5.74) is -1.00. The van der Waals surface area contributed by atoms with Crippen molar-refractivity contribution in [3.63, 3.8) is 0 Å². The highest BCUT2D eigenvalue weighted by molar-refractivity contribution is 7.92. The predicted molar refractivity (Wildman–Crippen MR) is 170 cm³/mol. The molecule has 1 aliphatic rings. The van der Waals surface area contributed by atoms with E-state index in [4.69, 9.17) is 69.6 Å². The van der Waals surface area contributed by atoms with Gasteiger partial charge in [0, 0.05) is 35.6 Å². The van der Waals surface area contributed by atoms with E-state index >= 15 is 4.39 Å². The summed E-state index contributed by atoms with van der Waals surface area (Å²) >= 11 is 37.1. The van der Waals surface area contributed by atoms with Crippen molar-refractivity contribution in [1.29, 1.82) is 0 Å². The quantitative estimate of drug-likeness (QED) is 0.0908. The van der Waals surface area contributed by atoms with E-state index in [0.29, 0.717) is 11.6 Å². The lowest BCUT2D eigenvalue weighted by Gasteiger charge is -2.12. The van der Waals surface area contributed by atoms with Crippen LogP contribution in [-0.2, 0) is 32.3 Å². The Bertz CT molecular complexity index is 1880. The lowest BCUT2D eigenvalue weighted by Crippen LogP contribution is -2.29. The van der Waals surface area contributed by atoms with E-state index in [1.807, 2.05) is 0 Å². The van der Waals surface area contributed by atoms with Crippen molar-refractivity contribution in [2.75, 3.05) is 16.8 Å². The van der Waals surface area contributed by atoms with E-state index in [1.165, 1.54) is 30.3 Å². The molecule has 3 aromatic rings. The summed E-state index contributed by atoms with van der Waals surface area (Å²) in [6.45, 7) is 0. The first kappa shape index (κ1) is 37.6. The van der Waals surface area contributed by atoms with Crippen molar-refractivity contribution in [2.24, 2.45) is 5.92 Å². The van der Waals surface area contributed by atoms with Crippen LogP contribution in [0.2, 0.25) is 20.1 Å². The highest BCUT2D eigenvalue weighted by Crippen LogP contribution is 2.65. The number of sulfone groups is 1. The van der Waals surface area contributed by atoms with Crippen LogP contribution in [0.4, 0.5) is 27.6 Å². The van der Waals surface area contributed by atoms with E-state index in [1.54, 1.807) is 0 Å². The first-order chi connectivity index (χ1) is 21.6. The Labute approximate surface area is 294 Å². The van der Waals surface area contributed by atoms with Gasteiger partial charge in [0.1, 0.15) is 27.5 Å². The Hall–Kier alpha value is -2.19. The number of anilines is 1. The first-order valence-corrected chi connectivity index (χ1v) is 17.1. The molecule has 1 N–H and O–H groups in total. The Morgan fingerprint density at radius 1 is 0.872 bits per heavy atom. The molecular formula is C29H18Cl6F5NO5S. The zero-order valence-corrected chi connectivity index (χ0v) is 28.5. The number of hydrogen-bond acceptors (Lipinski definition) is 5. The molecule has 0 unspecified atom stereocenters. The van der Waals surface area contributed by atoms with Crippen molar-refractivity contribution in [1.82, 2.24) is 0 Å². The lowest BCUT2D eigenvalue weighted by atomic mass is 9.98. The molecule has 6 nitrogen and oxygen atoms in total. The zero-order valence-electron chi connectivity index (χ0n) is 23.1. The van der Waals surface area contributed by atoms with Crippen LogP contribution in [0.15, 0.2) is 42.5 Å². The van der Waals surface area contributed by atoms with Crippen molar-refractivity contribution in [3.05, 3.63) is 96.4 Å². The SMILES string of the molecule is O=C(Cc1c(F)ccc(CC(=O)c2cc(NC(=O)[C@H]3[C@H](c4cc(Cl)c(Cl)c(Cl)c4)C3(Cl)Cl)ccc2Cl)c1F)CS(=O)(=O)CC(F)(F)F. The minimum Gasteiger partial charge on any atom is -0.326 e. The summed E-state index contributed by atoms with van der Waals surface area (Å²) < 4.78 is 88.8. The number of Topliss-reactive ketones (excluding diaryl/α,β-unsaturated/α-hetero) is 2. The van der Waals surface area contributed by atoms with Crippen LogP contribution in [0, 0.1) is 17.6 Å². The second kappa shape index (κ2) is 14.0. The van der Waals surface area contributed by atoms with Crippen LogP contribution in [0.5, 0.6) is 0 Å². The Morgan fingerprint density at radius 2 is 1.49 bits per heavy atom. The number of hydrogen-bond donors (Lipinski definition) is 1. The number of carbonyl (C=O) groups is 3. The lowest BCUT2D eigenvalue weighted by molar-refractivity contribution is -0.118. The molecule has 47 heavy (non-hydrogen) atoms. The molecule has 0 spiro atoms. The third-order valence-corrected chi connectivity index (χ3v) is 11.0. The van der Waals surface area contributed by atoms with E-state index in [2.05, 4.69) is 5.32 Å². The molecule has 1 fully saturated rings. The molecule has 252 valence electrons. The predicted octanol–water partition coefficient (Wildman–Crippen LogP) is 8.62. The van der Waals surface area contributed by atoms with Crippen molar-refractivity contribution >= 4 is 103 Å². The summed E-state index contributed by atoms with van der Waals surface area (Å²) in [6.07, 6.45) is -7.03. The number of nitrogens with one attached hydrogen (secondary N) is 1. The monoisotopic (exact) mass is 797 g/mol. The molecular weight excluding hydrogens is 782 g/mol. The Kier molecular flexibility index (Phi) is 11.2. The van der Waals surface area contributed by atoms with Crippen LogP contribution in [0.25, 0.3) is 0 Å². The summed E-state index contributed by atoms with van der Waals surface area (Å²) in [5.74, 6) is -11.1. The molecule has 18 heteroatoms. The van der Waals surface area contributed by atoms with Crippen LogP contribution >= 0.6 is 69.6 Å². The second-order valence-electron chi connectivity index (χ2n) is 10.6. The van der Waals surface area contributed by atoms with Gasteiger partial charge < -0.3 is 5.32 Å². The molecule has 1 amide bonds. The topological polar surface area (TPSA) is 97.4 Å². The summed E-state index contributed by atoms with van der Waals surface area (Å²) in [7, 11) is -4.95. The van der Waals surface area contributed by atoms with Gasteiger partial charge in [-0.3, -0.25) is 14.4 Å². The van der Waals surface area contributed by atoms with E-state index < -0.39 is 96.8 Å². The highest BCUT2D eigenvalue weighted by Gasteiger charge is 2.67. The fourth-order valence-electron chi connectivity index (χ4n) is 4.87. The van der Waals surface area contributed by atoms with Gasteiger partial charge in [-0.2, -0.15) is 13.2 Å². The molecule has 0 aliphatic heterocycles.